The summed E-state index contributed by atoms with van der Waals surface area (Å²) in [5, 5.41) is 10.1. The number of phenolic OH excluding ortho intramolecular Hbond substituents is 1. The van der Waals surface area contributed by atoms with Gasteiger partial charge in [0.05, 0.1) is 19.8 Å². The zero-order chi connectivity index (χ0) is 22.1. The number of aromatic hydroxyl groups is 1. The van der Waals surface area contributed by atoms with Gasteiger partial charge in [0.15, 0.2) is 5.78 Å². The van der Waals surface area contributed by atoms with Crippen molar-refractivity contribution in [3.05, 3.63) is 77.4 Å². The summed E-state index contributed by atoms with van der Waals surface area (Å²) in [6.45, 7) is 8.15. The quantitative estimate of drug-likeness (QED) is 0.325. The molecule has 0 atom stereocenters. The highest BCUT2D eigenvalue weighted by Crippen LogP contribution is 2.30. The van der Waals surface area contributed by atoms with Crippen molar-refractivity contribution in [3.63, 3.8) is 0 Å². The lowest BCUT2D eigenvalue weighted by Crippen LogP contribution is -2.01. The second kappa shape index (κ2) is 10.9. The Kier molecular flexibility index (Phi) is 8.29. The predicted octanol–water partition coefficient (Wildman–Crippen LogP) is 5.38. The molecule has 0 bridgehead atoms. The van der Waals surface area contributed by atoms with Crippen molar-refractivity contribution in [1.29, 1.82) is 0 Å². The second-order valence-electron chi connectivity index (χ2n) is 6.87. The van der Waals surface area contributed by atoms with E-state index < -0.39 is 0 Å². The Morgan fingerprint density at radius 3 is 2.47 bits per heavy atom. The molecule has 30 heavy (non-hydrogen) atoms. The maximum absolute atomic E-state index is 12.8. The van der Waals surface area contributed by atoms with Gasteiger partial charge in [0.1, 0.15) is 29.6 Å². The predicted molar refractivity (Wildman–Crippen MR) is 120 cm³/mol. The first-order valence-electron chi connectivity index (χ1n) is 9.57. The van der Waals surface area contributed by atoms with Crippen LogP contribution in [0.25, 0.3) is 6.08 Å². The van der Waals surface area contributed by atoms with E-state index in [4.69, 9.17) is 14.2 Å². The standard InChI is InChI=1S/C25H28O5/c1-6-7-18-14-19(24(28-4)16-23(18)27)8-11-22(26)21-10-9-20(15-25(21)29-5)30-13-12-17(2)3/h6,8-12,14-16,27H,1,7,13H2,2-5H3/b11-8+. The molecule has 5 heteroatoms. The second-order valence-corrected chi connectivity index (χ2v) is 6.87. The average Bonchev–Trinajstić information content (AvgIpc) is 2.73. The molecular weight excluding hydrogens is 380 g/mol. The number of allylic oxidation sites excluding steroid dienone is 3. The normalized spacial score (nSPS) is 10.5. The van der Waals surface area contributed by atoms with E-state index in [2.05, 4.69) is 6.58 Å². The molecule has 0 fully saturated rings. The molecule has 0 saturated heterocycles. The number of phenols is 1. The summed E-state index contributed by atoms with van der Waals surface area (Å²) in [5.41, 5.74) is 2.97. The van der Waals surface area contributed by atoms with Gasteiger partial charge in [-0.2, -0.15) is 0 Å². The molecule has 2 aromatic rings. The van der Waals surface area contributed by atoms with Gasteiger partial charge in [-0.15, -0.1) is 6.58 Å². The van der Waals surface area contributed by atoms with Crippen LogP contribution in [0.15, 0.2) is 60.7 Å². The van der Waals surface area contributed by atoms with Crippen molar-refractivity contribution in [1.82, 2.24) is 0 Å². The van der Waals surface area contributed by atoms with Gasteiger partial charge in [0, 0.05) is 17.7 Å². The molecule has 158 valence electrons. The van der Waals surface area contributed by atoms with Gasteiger partial charge in [-0.3, -0.25) is 4.79 Å². The van der Waals surface area contributed by atoms with Crippen LogP contribution in [0, 0.1) is 0 Å². The molecule has 2 aromatic carbocycles. The number of ether oxygens (including phenoxy) is 3. The number of carbonyl (C=O) groups excluding carboxylic acids is 1. The van der Waals surface area contributed by atoms with E-state index in [1.807, 2.05) is 19.9 Å². The Bertz CT molecular complexity index is 966. The van der Waals surface area contributed by atoms with Crippen LogP contribution in [0.3, 0.4) is 0 Å². The van der Waals surface area contributed by atoms with Crippen molar-refractivity contribution < 1.29 is 24.1 Å². The molecular formula is C25H28O5. The molecule has 0 aliphatic carbocycles. The van der Waals surface area contributed by atoms with Crippen LogP contribution in [0.4, 0.5) is 0 Å². The third kappa shape index (κ3) is 6.01. The van der Waals surface area contributed by atoms with Crippen LogP contribution in [-0.2, 0) is 6.42 Å². The fourth-order valence-electron chi connectivity index (χ4n) is 2.78. The molecule has 0 saturated carbocycles. The first kappa shape index (κ1) is 22.8. The van der Waals surface area contributed by atoms with Gasteiger partial charge in [-0.25, -0.2) is 0 Å². The van der Waals surface area contributed by atoms with Crippen LogP contribution in [-0.4, -0.2) is 31.7 Å². The summed E-state index contributed by atoms with van der Waals surface area (Å²) in [4.78, 5) is 12.8. The van der Waals surface area contributed by atoms with Gasteiger partial charge in [0.2, 0.25) is 0 Å². The Labute approximate surface area is 177 Å². The first-order chi connectivity index (χ1) is 14.4. The number of rotatable bonds is 10. The lowest BCUT2D eigenvalue weighted by molar-refractivity contribution is 0.104. The molecule has 0 amide bonds. The Balaban J connectivity index is 2.26. The summed E-state index contributed by atoms with van der Waals surface area (Å²) in [7, 11) is 3.03. The maximum Gasteiger partial charge on any atom is 0.189 e. The van der Waals surface area contributed by atoms with E-state index in [1.54, 1.807) is 36.4 Å². The third-order valence-corrected chi connectivity index (χ3v) is 4.39. The Morgan fingerprint density at radius 1 is 1.10 bits per heavy atom. The van der Waals surface area contributed by atoms with Crippen molar-refractivity contribution in [2.45, 2.75) is 20.3 Å². The van der Waals surface area contributed by atoms with Crippen LogP contribution in [0.2, 0.25) is 0 Å². The van der Waals surface area contributed by atoms with Crippen LogP contribution in [0.5, 0.6) is 23.0 Å². The molecule has 2 rings (SSSR count). The third-order valence-electron chi connectivity index (χ3n) is 4.39. The molecule has 0 spiro atoms. The highest BCUT2D eigenvalue weighted by atomic mass is 16.5. The van der Waals surface area contributed by atoms with Crippen molar-refractivity contribution >= 4 is 11.9 Å². The smallest absolute Gasteiger partial charge is 0.189 e. The van der Waals surface area contributed by atoms with Gasteiger partial charge in [-0.1, -0.05) is 11.6 Å². The van der Waals surface area contributed by atoms with Crippen molar-refractivity contribution in [2.75, 3.05) is 20.8 Å². The van der Waals surface area contributed by atoms with Gasteiger partial charge in [-0.05, 0) is 62.3 Å². The number of methoxy groups -OCH3 is 2. The van der Waals surface area contributed by atoms with Crippen molar-refractivity contribution in [2.24, 2.45) is 0 Å². The zero-order valence-corrected chi connectivity index (χ0v) is 17.9. The van der Waals surface area contributed by atoms with E-state index in [1.165, 1.54) is 31.9 Å². The van der Waals surface area contributed by atoms with E-state index in [-0.39, 0.29) is 11.5 Å². The highest BCUT2D eigenvalue weighted by molar-refractivity contribution is 6.08. The SMILES string of the molecule is C=CCc1cc(/C=C/C(=O)c2ccc(OCC=C(C)C)cc2OC)c(OC)cc1O. The summed E-state index contributed by atoms with van der Waals surface area (Å²) < 4.78 is 16.4. The Morgan fingerprint density at radius 2 is 1.83 bits per heavy atom. The Hall–Kier alpha value is -3.47. The number of carbonyl (C=O) groups is 1. The van der Waals surface area contributed by atoms with Crippen molar-refractivity contribution in [3.8, 4) is 23.0 Å². The van der Waals surface area contributed by atoms with Crippen LogP contribution >= 0.6 is 0 Å². The molecule has 0 aliphatic rings. The molecule has 1 N–H and O–H groups in total. The number of ketones is 1. The van der Waals surface area contributed by atoms with Crippen LogP contribution < -0.4 is 14.2 Å². The van der Waals surface area contributed by atoms with E-state index >= 15 is 0 Å². The average molecular weight is 408 g/mol. The lowest BCUT2D eigenvalue weighted by Gasteiger charge is -2.10. The van der Waals surface area contributed by atoms with E-state index in [9.17, 15) is 9.90 Å². The minimum Gasteiger partial charge on any atom is -0.508 e. The number of hydrogen-bond donors (Lipinski definition) is 1. The minimum absolute atomic E-state index is 0.126. The largest absolute Gasteiger partial charge is 0.508 e. The van der Waals surface area contributed by atoms with E-state index in [0.29, 0.717) is 47.0 Å². The summed E-state index contributed by atoms with van der Waals surface area (Å²) in [5.74, 6) is 1.44. The molecule has 0 unspecified atom stereocenters. The topological polar surface area (TPSA) is 65.0 Å². The molecule has 0 radical (unpaired) electrons. The summed E-state index contributed by atoms with van der Waals surface area (Å²) in [6.07, 6.45) is 7.29. The molecule has 0 aromatic heterocycles. The monoisotopic (exact) mass is 408 g/mol. The fraction of sp³-hybridized carbons (Fsp3) is 0.240. The lowest BCUT2D eigenvalue weighted by atomic mass is 10.0. The minimum atomic E-state index is -0.219. The molecule has 0 heterocycles. The fourth-order valence-corrected chi connectivity index (χ4v) is 2.78. The number of hydrogen-bond acceptors (Lipinski definition) is 5. The highest BCUT2D eigenvalue weighted by Gasteiger charge is 2.12. The zero-order valence-electron chi connectivity index (χ0n) is 17.9. The van der Waals surface area contributed by atoms with E-state index in [0.717, 1.165) is 0 Å². The first-order valence-corrected chi connectivity index (χ1v) is 9.57. The summed E-state index contributed by atoms with van der Waals surface area (Å²) >= 11 is 0. The van der Waals surface area contributed by atoms with Gasteiger partial charge >= 0.3 is 0 Å². The van der Waals surface area contributed by atoms with Crippen LogP contribution in [0.1, 0.15) is 35.3 Å². The summed E-state index contributed by atoms with van der Waals surface area (Å²) in [6, 6.07) is 8.43. The molecule has 0 aliphatic heterocycles. The molecule has 5 nitrogen and oxygen atoms in total. The van der Waals surface area contributed by atoms with Gasteiger partial charge in [0.25, 0.3) is 0 Å². The maximum atomic E-state index is 12.8. The van der Waals surface area contributed by atoms with Gasteiger partial charge < -0.3 is 19.3 Å². The number of benzene rings is 2.